The summed E-state index contributed by atoms with van der Waals surface area (Å²) in [6.45, 7) is 13.9. The summed E-state index contributed by atoms with van der Waals surface area (Å²) in [6.07, 6.45) is -1.03. The number of rotatable bonds is 7. The number of aliphatic hydroxyl groups excluding tert-OH is 1. The zero-order valence-corrected chi connectivity index (χ0v) is 21.5. The van der Waals surface area contributed by atoms with Crippen molar-refractivity contribution in [3.05, 3.63) is 16.7 Å². The highest BCUT2D eigenvalue weighted by atomic mass is 28.4. The number of carbonyl (C=O) groups excluding carboxylic acids is 1. The van der Waals surface area contributed by atoms with Crippen LogP contribution in [0.5, 0.6) is 0 Å². The third-order valence-electron chi connectivity index (χ3n) is 6.45. The van der Waals surface area contributed by atoms with Crippen LogP contribution in [0.1, 0.15) is 40.8 Å². The fraction of sp³-hybridized carbons (Fsp3) is 0.714. The summed E-state index contributed by atoms with van der Waals surface area (Å²) in [6, 6.07) is 0. The first-order valence-corrected chi connectivity index (χ1v) is 14.0. The number of hydrogen-bond acceptors (Lipinski definition) is 8. The monoisotopic (exact) mass is 481 g/mol. The van der Waals surface area contributed by atoms with Crippen molar-refractivity contribution in [1.82, 2.24) is 19.5 Å². The lowest BCUT2D eigenvalue weighted by Gasteiger charge is -2.40. The van der Waals surface area contributed by atoms with Crippen LogP contribution in [0, 0.1) is 5.92 Å². The van der Waals surface area contributed by atoms with Crippen molar-refractivity contribution < 1.29 is 23.8 Å². The van der Waals surface area contributed by atoms with E-state index in [1.807, 2.05) is 0 Å². The summed E-state index contributed by atoms with van der Waals surface area (Å²) < 4.78 is 20.1. The number of H-pyrrole nitrogens is 1. The van der Waals surface area contributed by atoms with Crippen LogP contribution >= 0.6 is 0 Å². The maximum Gasteiger partial charge on any atom is 0.280 e. The van der Waals surface area contributed by atoms with E-state index in [4.69, 9.17) is 13.9 Å². The van der Waals surface area contributed by atoms with Gasteiger partial charge in [0.25, 0.3) is 5.56 Å². The Kier molecular flexibility index (Phi) is 7.15. The Hall–Kier alpha value is -2.12. The van der Waals surface area contributed by atoms with Crippen molar-refractivity contribution in [3.63, 3.8) is 0 Å². The normalized spacial score (nSPS) is 24.1. The smallest absolute Gasteiger partial charge is 0.280 e. The molecule has 3 rings (SSSR count). The summed E-state index contributed by atoms with van der Waals surface area (Å²) in [7, 11) is -0.663. The average molecular weight is 482 g/mol. The summed E-state index contributed by atoms with van der Waals surface area (Å²) in [5, 5.41) is 12.6. The van der Waals surface area contributed by atoms with Crippen molar-refractivity contribution in [2.75, 3.05) is 19.0 Å². The molecule has 2 aromatic rings. The molecule has 0 bridgehead atoms. The number of anilines is 1. The van der Waals surface area contributed by atoms with Gasteiger partial charge in [0.2, 0.25) is 11.9 Å². The number of aromatic amines is 1. The van der Waals surface area contributed by atoms with E-state index in [-0.39, 0.29) is 40.6 Å². The summed E-state index contributed by atoms with van der Waals surface area (Å²) >= 11 is 0. The molecule has 12 heteroatoms. The Morgan fingerprint density at radius 2 is 2.03 bits per heavy atom. The molecule has 1 fully saturated rings. The molecule has 0 saturated carbocycles. The van der Waals surface area contributed by atoms with Gasteiger partial charge in [-0.15, -0.1) is 0 Å². The van der Waals surface area contributed by atoms with Gasteiger partial charge in [0.1, 0.15) is 18.3 Å². The standard InChI is InChI=1S/C21H35N5O6Si/c1-11(2)17(28)24-20-23-16-13(18(29)25-20)22-10-26(16)19-15(30-6)14(12(9-27)31-19)32-33(7,8)21(3,4)5/h10-12,14-15,19,27H,9H2,1-8H3,(H2,23,24,25,28,29)/t12-,14?,15?,19-/m1/s1. The Bertz CT molecular complexity index is 1060. The van der Waals surface area contributed by atoms with Gasteiger partial charge in [-0.3, -0.25) is 24.5 Å². The van der Waals surface area contributed by atoms with E-state index in [0.717, 1.165) is 0 Å². The molecule has 1 aliphatic rings. The molecule has 0 spiro atoms. The molecule has 1 amide bonds. The van der Waals surface area contributed by atoms with Crippen molar-refractivity contribution in [3.8, 4) is 0 Å². The highest BCUT2D eigenvalue weighted by Crippen LogP contribution is 2.42. The minimum Gasteiger partial charge on any atom is -0.408 e. The summed E-state index contributed by atoms with van der Waals surface area (Å²) in [5.74, 6) is -0.545. The van der Waals surface area contributed by atoms with Crippen LogP contribution in [0.25, 0.3) is 11.2 Å². The number of nitrogens with one attached hydrogen (secondary N) is 2. The molecule has 2 aromatic heterocycles. The van der Waals surface area contributed by atoms with Crippen molar-refractivity contribution >= 4 is 31.3 Å². The Morgan fingerprint density at radius 3 is 2.58 bits per heavy atom. The zero-order chi connectivity index (χ0) is 24.7. The lowest BCUT2D eigenvalue weighted by atomic mass is 10.1. The van der Waals surface area contributed by atoms with E-state index >= 15 is 0 Å². The highest BCUT2D eigenvalue weighted by Gasteiger charge is 2.51. The minimum absolute atomic E-state index is 0.0210. The van der Waals surface area contributed by atoms with Crippen LogP contribution < -0.4 is 10.9 Å². The molecule has 2 unspecified atom stereocenters. The van der Waals surface area contributed by atoms with Gasteiger partial charge in [-0.2, -0.15) is 4.98 Å². The van der Waals surface area contributed by atoms with Gasteiger partial charge in [-0.05, 0) is 18.1 Å². The number of carbonyl (C=O) groups is 1. The van der Waals surface area contributed by atoms with Crippen LogP contribution in [0.2, 0.25) is 18.1 Å². The number of nitrogens with zero attached hydrogens (tertiary/aromatic N) is 3. The first kappa shape index (κ1) is 25.5. The van der Waals surface area contributed by atoms with Crippen molar-refractivity contribution in [1.29, 1.82) is 0 Å². The number of amides is 1. The predicted molar refractivity (Wildman–Crippen MR) is 125 cm³/mol. The fourth-order valence-electron chi connectivity index (χ4n) is 3.42. The fourth-order valence-corrected chi connectivity index (χ4v) is 4.74. The number of imidazole rings is 1. The van der Waals surface area contributed by atoms with Gasteiger partial charge < -0.3 is 19.0 Å². The van der Waals surface area contributed by atoms with Crippen molar-refractivity contribution in [2.24, 2.45) is 5.92 Å². The number of fused-ring (bicyclic) bond motifs is 1. The molecule has 33 heavy (non-hydrogen) atoms. The zero-order valence-electron chi connectivity index (χ0n) is 20.5. The van der Waals surface area contributed by atoms with Gasteiger partial charge in [0.05, 0.1) is 12.9 Å². The Morgan fingerprint density at radius 1 is 1.36 bits per heavy atom. The Balaban J connectivity index is 2.01. The number of methoxy groups -OCH3 is 1. The van der Waals surface area contributed by atoms with Gasteiger partial charge in [0.15, 0.2) is 25.7 Å². The van der Waals surface area contributed by atoms with E-state index < -0.39 is 38.4 Å². The van der Waals surface area contributed by atoms with Crippen LogP contribution in [0.15, 0.2) is 11.1 Å². The second kappa shape index (κ2) is 9.26. The second-order valence-electron chi connectivity index (χ2n) is 10.2. The quantitative estimate of drug-likeness (QED) is 0.510. The first-order valence-electron chi connectivity index (χ1n) is 11.1. The van der Waals surface area contributed by atoms with Crippen LogP contribution in [0.3, 0.4) is 0 Å². The maximum absolute atomic E-state index is 12.6. The van der Waals surface area contributed by atoms with Crippen LogP contribution in [0.4, 0.5) is 5.95 Å². The SMILES string of the molecule is COC1C(O[Si](C)(C)C(C)(C)C)[C@@H](CO)O[C@H]1n1cnc2c(=O)[nH]c(NC(=O)C(C)C)nc21. The third-order valence-corrected chi connectivity index (χ3v) is 10.9. The van der Waals surface area contributed by atoms with Gasteiger partial charge in [-0.1, -0.05) is 34.6 Å². The molecule has 3 heterocycles. The number of hydrogen-bond donors (Lipinski definition) is 3. The topological polar surface area (TPSA) is 141 Å². The number of ether oxygens (including phenoxy) is 2. The predicted octanol–water partition coefficient (Wildman–Crippen LogP) is 2.01. The molecule has 0 aliphatic carbocycles. The van der Waals surface area contributed by atoms with Gasteiger partial charge in [-0.25, -0.2) is 4.98 Å². The maximum atomic E-state index is 12.6. The Labute approximate surface area is 194 Å². The number of aromatic nitrogens is 4. The molecule has 4 atom stereocenters. The lowest BCUT2D eigenvalue weighted by Crippen LogP contribution is -2.50. The molecule has 1 saturated heterocycles. The average Bonchev–Trinajstić information content (AvgIpc) is 3.27. The molecular formula is C21H35N5O6Si. The van der Waals surface area contributed by atoms with E-state index in [2.05, 4.69) is 54.1 Å². The second-order valence-corrected chi connectivity index (χ2v) is 14.9. The number of aliphatic hydroxyl groups is 1. The summed E-state index contributed by atoms with van der Waals surface area (Å²) in [4.78, 5) is 35.8. The lowest BCUT2D eigenvalue weighted by molar-refractivity contribution is -0.118. The van der Waals surface area contributed by atoms with E-state index in [1.165, 1.54) is 6.33 Å². The van der Waals surface area contributed by atoms with Crippen LogP contribution in [-0.2, 0) is 18.7 Å². The van der Waals surface area contributed by atoms with E-state index in [9.17, 15) is 14.7 Å². The molecule has 0 radical (unpaired) electrons. The van der Waals surface area contributed by atoms with Gasteiger partial charge in [0, 0.05) is 13.0 Å². The largest absolute Gasteiger partial charge is 0.408 e. The summed E-state index contributed by atoms with van der Waals surface area (Å²) in [5.41, 5.74) is -0.155. The molecule has 11 nitrogen and oxygen atoms in total. The molecule has 1 aliphatic heterocycles. The first-order chi connectivity index (χ1) is 15.3. The van der Waals surface area contributed by atoms with Crippen molar-refractivity contribution in [2.45, 2.75) is 77.3 Å². The molecule has 184 valence electrons. The van der Waals surface area contributed by atoms with Crippen LogP contribution in [-0.4, -0.2) is 70.9 Å². The van der Waals surface area contributed by atoms with Gasteiger partial charge >= 0.3 is 0 Å². The highest BCUT2D eigenvalue weighted by molar-refractivity contribution is 6.74. The molecular weight excluding hydrogens is 446 g/mol. The minimum atomic E-state index is -2.22. The third kappa shape index (κ3) is 4.89. The molecule has 0 aromatic carbocycles. The molecule has 3 N–H and O–H groups in total. The van der Waals surface area contributed by atoms with E-state index in [0.29, 0.717) is 0 Å². The van der Waals surface area contributed by atoms with E-state index in [1.54, 1.807) is 25.5 Å².